The van der Waals surface area contributed by atoms with E-state index in [0.29, 0.717) is 6.04 Å². The lowest BCUT2D eigenvalue weighted by Crippen LogP contribution is -2.41. The molecule has 0 amide bonds. The second-order valence-electron chi connectivity index (χ2n) is 7.18. The van der Waals surface area contributed by atoms with Gasteiger partial charge in [0, 0.05) is 18.6 Å². The molecule has 2 unspecified atom stereocenters. The summed E-state index contributed by atoms with van der Waals surface area (Å²) in [6.45, 7) is 13.2. The molecule has 1 saturated heterocycles. The minimum atomic E-state index is 0.708. The van der Waals surface area contributed by atoms with E-state index in [1.165, 1.54) is 71.0 Å². The van der Waals surface area contributed by atoms with Crippen molar-refractivity contribution >= 4 is 0 Å². The van der Waals surface area contributed by atoms with Crippen LogP contribution in [0.25, 0.3) is 0 Å². The van der Waals surface area contributed by atoms with Gasteiger partial charge in [0.2, 0.25) is 0 Å². The summed E-state index contributed by atoms with van der Waals surface area (Å²) in [5.74, 6) is 0.803. The molecule has 20 heavy (non-hydrogen) atoms. The van der Waals surface area contributed by atoms with Gasteiger partial charge in [-0.25, -0.2) is 0 Å². The highest BCUT2D eigenvalue weighted by Gasteiger charge is 2.22. The molecule has 2 atom stereocenters. The van der Waals surface area contributed by atoms with Gasteiger partial charge >= 0.3 is 0 Å². The van der Waals surface area contributed by atoms with Crippen molar-refractivity contribution in [3.63, 3.8) is 0 Å². The van der Waals surface area contributed by atoms with Crippen LogP contribution in [0.15, 0.2) is 0 Å². The zero-order chi connectivity index (χ0) is 14.8. The maximum absolute atomic E-state index is 3.75. The molecule has 0 aromatic carbocycles. The Morgan fingerprint density at radius 3 is 2.50 bits per heavy atom. The molecule has 1 rings (SSSR count). The van der Waals surface area contributed by atoms with Gasteiger partial charge in [-0.05, 0) is 45.2 Å². The van der Waals surface area contributed by atoms with Crippen molar-refractivity contribution in [1.29, 1.82) is 0 Å². The minimum absolute atomic E-state index is 0.708. The Kier molecular flexibility index (Phi) is 9.54. The topological polar surface area (TPSA) is 15.3 Å². The zero-order valence-corrected chi connectivity index (χ0v) is 14.5. The Morgan fingerprint density at radius 2 is 1.80 bits per heavy atom. The Bertz CT molecular complexity index is 227. The molecule has 0 saturated carbocycles. The van der Waals surface area contributed by atoms with Crippen LogP contribution in [0.2, 0.25) is 0 Å². The monoisotopic (exact) mass is 282 g/mol. The maximum Gasteiger partial charge on any atom is 0.0197 e. The Labute approximate surface area is 127 Å². The van der Waals surface area contributed by atoms with Crippen LogP contribution in [0.4, 0.5) is 0 Å². The fraction of sp³-hybridized carbons (Fsp3) is 1.00. The largest absolute Gasteiger partial charge is 0.313 e. The molecule has 1 heterocycles. The van der Waals surface area contributed by atoms with Gasteiger partial charge in [-0.15, -0.1) is 0 Å². The smallest absolute Gasteiger partial charge is 0.0197 e. The molecule has 1 aliphatic heterocycles. The molecule has 2 nitrogen and oxygen atoms in total. The summed E-state index contributed by atoms with van der Waals surface area (Å²) in [6.07, 6.45) is 11.1. The van der Waals surface area contributed by atoms with Gasteiger partial charge in [0.15, 0.2) is 0 Å². The summed E-state index contributed by atoms with van der Waals surface area (Å²) >= 11 is 0. The van der Waals surface area contributed by atoms with Crippen LogP contribution >= 0.6 is 0 Å². The molecule has 2 heteroatoms. The molecule has 0 aliphatic carbocycles. The fourth-order valence-corrected chi connectivity index (χ4v) is 3.34. The van der Waals surface area contributed by atoms with E-state index >= 15 is 0 Å². The highest BCUT2D eigenvalue weighted by Crippen LogP contribution is 2.15. The number of hydrogen-bond acceptors (Lipinski definition) is 2. The van der Waals surface area contributed by atoms with Gasteiger partial charge in [0.1, 0.15) is 0 Å². The Morgan fingerprint density at radius 1 is 1.10 bits per heavy atom. The lowest BCUT2D eigenvalue weighted by molar-refractivity contribution is 0.194. The van der Waals surface area contributed by atoms with E-state index in [1.54, 1.807) is 0 Å². The van der Waals surface area contributed by atoms with Crippen molar-refractivity contribution in [2.75, 3.05) is 19.6 Å². The highest BCUT2D eigenvalue weighted by atomic mass is 15.2. The quantitative estimate of drug-likeness (QED) is 0.629. The third kappa shape index (κ3) is 7.64. The first kappa shape index (κ1) is 18.0. The van der Waals surface area contributed by atoms with Gasteiger partial charge in [0.05, 0.1) is 0 Å². The van der Waals surface area contributed by atoms with Gasteiger partial charge in [-0.2, -0.15) is 0 Å². The van der Waals surface area contributed by atoms with E-state index in [1.807, 2.05) is 0 Å². The maximum atomic E-state index is 3.75. The molecule has 1 fully saturated rings. The number of hydrogen-bond donors (Lipinski definition) is 1. The van der Waals surface area contributed by atoms with Crippen LogP contribution in [-0.2, 0) is 0 Å². The summed E-state index contributed by atoms with van der Waals surface area (Å²) in [5, 5.41) is 3.75. The van der Waals surface area contributed by atoms with Crippen molar-refractivity contribution < 1.29 is 0 Å². The van der Waals surface area contributed by atoms with E-state index in [9.17, 15) is 0 Å². The number of nitrogens with one attached hydrogen (secondary N) is 1. The molecule has 0 aromatic rings. The van der Waals surface area contributed by atoms with E-state index in [-0.39, 0.29) is 0 Å². The third-order valence-corrected chi connectivity index (χ3v) is 4.63. The average molecular weight is 283 g/mol. The van der Waals surface area contributed by atoms with E-state index in [2.05, 4.69) is 37.9 Å². The first-order chi connectivity index (χ1) is 9.63. The van der Waals surface area contributed by atoms with Gasteiger partial charge < -0.3 is 5.32 Å². The Balaban J connectivity index is 2.25. The van der Waals surface area contributed by atoms with E-state index < -0.39 is 0 Å². The van der Waals surface area contributed by atoms with Crippen LogP contribution in [0, 0.1) is 5.92 Å². The van der Waals surface area contributed by atoms with Crippen molar-refractivity contribution in [2.24, 2.45) is 5.92 Å². The summed E-state index contributed by atoms with van der Waals surface area (Å²) in [4.78, 5) is 2.74. The Hall–Kier alpha value is -0.0800. The predicted octanol–water partition coefficient (Wildman–Crippen LogP) is 4.45. The molecule has 0 aromatic heterocycles. The standard InChI is InChI=1S/C18H38N2/c1-5-6-7-8-9-10-13-20-15-18(14-16(2)3)19-12-11-17(20)4/h16-19H,5-15H2,1-4H3. The first-order valence-corrected chi connectivity index (χ1v) is 9.11. The van der Waals surface area contributed by atoms with Crippen LogP contribution in [-0.4, -0.2) is 36.6 Å². The lowest BCUT2D eigenvalue weighted by atomic mass is 10.0. The molecule has 0 bridgehead atoms. The third-order valence-electron chi connectivity index (χ3n) is 4.63. The van der Waals surface area contributed by atoms with Crippen molar-refractivity contribution in [1.82, 2.24) is 10.2 Å². The van der Waals surface area contributed by atoms with Crippen LogP contribution in [0.1, 0.15) is 79.1 Å². The average Bonchev–Trinajstić information content (AvgIpc) is 2.55. The molecule has 0 spiro atoms. The minimum Gasteiger partial charge on any atom is -0.313 e. The fourth-order valence-electron chi connectivity index (χ4n) is 3.34. The van der Waals surface area contributed by atoms with Crippen molar-refractivity contribution in [3.05, 3.63) is 0 Å². The van der Waals surface area contributed by atoms with Gasteiger partial charge in [-0.3, -0.25) is 4.90 Å². The van der Waals surface area contributed by atoms with E-state index in [0.717, 1.165) is 12.0 Å². The predicted molar refractivity (Wildman–Crippen MR) is 90.3 cm³/mol. The van der Waals surface area contributed by atoms with Gasteiger partial charge in [0.25, 0.3) is 0 Å². The molecular formula is C18H38N2. The van der Waals surface area contributed by atoms with Crippen molar-refractivity contribution in [2.45, 2.75) is 91.1 Å². The lowest BCUT2D eigenvalue weighted by Gasteiger charge is -2.29. The van der Waals surface area contributed by atoms with Crippen LogP contribution in [0.3, 0.4) is 0 Å². The molecule has 120 valence electrons. The normalized spacial score (nSPS) is 25.1. The molecule has 1 N–H and O–H groups in total. The second-order valence-corrected chi connectivity index (χ2v) is 7.18. The number of unbranched alkanes of at least 4 members (excludes halogenated alkanes) is 5. The van der Waals surface area contributed by atoms with E-state index in [4.69, 9.17) is 0 Å². The summed E-state index contributed by atoms with van der Waals surface area (Å²) in [5.41, 5.74) is 0. The summed E-state index contributed by atoms with van der Waals surface area (Å²) < 4.78 is 0. The summed E-state index contributed by atoms with van der Waals surface area (Å²) in [6, 6.07) is 1.47. The van der Waals surface area contributed by atoms with Crippen LogP contribution in [0.5, 0.6) is 0 Å². The number of rotatable bonds is 9. The number of nitrogens with zero attached hydrogens (tertiary/aromatic N) is 1. The van der Waals surface area contributed by atoms with Gasteiger partial charge in [-0.1, -0.05) is 52.9 Å². The molecular weight excluding hydrogens is 244 g/mol. The second kappa shape index (κ2) is 10.6. The highest BCUT2D eigenvalue weighted by molar-refractivity contribution is 4.81. The summed E-state index contributed by atoms with van der Waals surface area (Å²) in [7, 11) is 0. The SMILES string of the molecule is CCCCCCCCN1CC(CC(C)C)NCCC1C. The molecule has 0 radical (unpaired) electrons. The zero-order valence-electron chi connectivity index (χ0n) is 14.5. The van der Waals surface area contributed by atoms with Crippen molar-refractivity contribution in [3.8, 4) is 0 Å². The molecule has 1 aliphatic rings. The first-order valence-electron chi connectivity index (χ1n) is 9.11. The van der Waals surface area contributed by atoms with Crippen LogP contribution < -0.4 is 5.32 Å².